The molecule has 0 radical (unpaired) electrons. The number of sulfone groups is 1. The normalized spacial score (nSPS) is 46.1. The molecule has 2 bridgehead atoms. The molecule has 0 aromatic rings. The highest BCUT2D eigenvalue weighted by Crippen LogP contribution is 2.68. The summed E-state index contributed by atoms with van der Waals surface area (Å²) in [6.07, 6.45) is 24.7. The molecule has 10 atom stereocenters. The van der Waals surface area contributed by atoms with Gasteiger partial charge in [0.2, 0.25) is 0 Å². The van der Waals surface area contributed by atoms with Crippen molar-refractivity contribution in [2.24, 2.45) is 45.8 Å². The Labute approximate surface area is 289 Å². The van der Waals surface area contributed by atoms with E-state index in [-0.39, 0.29) is 22.2 Å². The zero-order valence-corrected chi connectivity index (χ0v) is 31.8. The Morgan fingerprint density at radius 2 is 1.74 bits per heavy atom. The fourth-order valence-corrected chi connectivity index (χ4v) is 15.9. The van der Waals surface area contributed by atoms with Crippen molar-refractivity contribution in [1.82, 2.24) is 10.2 Å². The molecular formula is C42H68N2O2S. The summed E-state index contributed by atoms with van der Waals surface area (Å²) in [5.74, 6) is 3.90. The van der Waals surface area contributed by atoms with Gasteiger partial charge in [-0.25, -0.2) is 8.42 Å². The van der Waals surface area contributed by atoms with E-state index in [1.54, 1.807) is 11.1 Å². The average molecular weight is 665 g/mol. The minimum atomic E-state index is -2.84. The van der Waals surface area contributed by atoms with Gasteiger partial charge in [-0.15, -0.1) is 0 Å². The van der Waals surface area contributed by atoms with Crippen molar-refractivity contribution in [2.45, 2.75) is 155 Å². The summed E-state index contributed by atoms with van der Waals surface area (Å²) in [7, 11) is -2.84. The molecule has 5 heteroatoms. The fraction of sp³-hybridized carbons (Fsp3) is 0.857. The summed E-state index contributed by atoms with van der Waals surface area (Å²) in [6, 6.07) is 0.249. The van der Waals surface area contributed by atoms with E-state index in [9.17, 15) is 8.42 Å². The monoisotopic (exact) mass is 665 g/mol. The van der Waals surface area contributed by atoms with Crippen LogP contribution in [0.2, 0.25) is 0 Å². The van der Waals surface area contributed by atoms with Gasteiger partial charge in [-0.05, 0) is 154 Å². The van der Waals surface area contributed by atoms with Crippen molar-refractivity contribution in [3.05, 3.63) is 35.5 Å². The minimum absolute atomic E-state index is 0.112. The number of hydrogen-bond acceptors (Lipinski definition) is 4. The standard InChI is InChI=1S/C42H68N2O2S/c1-29(2)34-17-23-42(43-24-25-44-27-33-26-32(44)28-47(33,45)46)22-16-30(3)40(6)21-19-37-39(4,5)35(31-12-9-8-10-13-31)18-20-41(37,7)38(40)15-11-14-36(34)42/h12,18,30,32-34,36-38,43H,1,8-11,13-17,19-28H2,2-7H3. The first-order valence-corrected chi connectivity index (χ1v) is 21.7. The van der Waals surface area contributed by atoms with Crippen LogP contribution in [0, 0.1) is 45.8 Å². The lowest BCUT2D eigenvalue weighted by Crippen LogP contribution is -2.57. The fourth-order valence-electron chi connectivity index (χ4n) is 13.8. The van der Waals surface area contributed by atoms with Crippen LogP contribution in [0.3, 0.4) is 0 Å². The number of nitrogens with one attached hydrogen (secondary N) is 1. The molecule has 7 rings (SSSR count). The Balaban J connectivity index is 1.12. The predicted octanol–water partition coefficient (Wildman–Crippen LogP) is 9.28. The molecule has 0 aromatic carbocycles. The summed E-state index contributed by atoms with van der Waals surface area (Å²) < 4.78 is 24.8. The summed E-state index contributed by atoms with van der Waals surface area (Å²) in [5.41, 5.74) is 5.99. The Hall–Kier alpha value is -0.910. The SMILES string of the molecule is C=C(C)C1CCC2(NCCN3CC4CC3CS4(=O)=O)CCC(C)C3(C)CCC4C(C)(C)C(C5=CCCCC5)=CCC4(C)C3CCCC12. The predicted molar refractivity (Wildman–Crippen MR) is 197 cm³/mol. The summed E-state index contributed by atoms with van der Waals surface area (Å²) in [6.45, 7) is 22.9. The maximum atomic E-state index is 12.4. The summed E-state index contributed by atoms with van der Waals surface area (Å²) in [4.78, 5) is 2.49. The van der Waals surface area contributed by atoms with E-state index in [0.717, 1.165) is 37.9 Å². The van der Waals surface area contributed by atoms with Crippen LogP contribution in [0.15, 0.2) is 35.5 Å². The molecule has 10 unspecified atom stereocenters. The van der Waals surface area contributed by atoms with Gasteiger partial charge in [-0.3, -0.25) is 4.90 Å². The molecule has 2 saturated heterocycles. The lowest BCUT2D eigenvalue weighted by Gasteiger charge is -2.64. The molecule has 0 aromatic heterocycles. The van der Waals surface area contributed by atoms with Crippen molar-refractivity contribution >= 4 is 9.84 Å². The summed E-state index contributed by atoms with van der Waals surface area (Å²) in [5, 5.41) is 4.15. The number of fused-ring (bicyclic) bond motifs is 6. The van der Waals surface area contributed by atoms with Crippen LogP contribution < -0.4 is 5.32 Å². The van der Waals surface area contributed by atoms with Crippen molar-refractivity contribution in [3.63, 3.8) is 0 Å². The zero-order valence-electron chi connectivity index (χ0n) is 31.0. The lowest BCUT2D eigenvalue weighted by molar-refractivity contribution is -0.125. The van der Waals surface area contributed by atoms with E-state index in [0.29, 0.717) is 34.3 Å². The molecule has 2 aliphatic heterocycles. The molecule has 5 fully saturated rings. The van der Waals surface area contributed by atoms with E-state index in [4.69, 9.17) is 0 Å². The molecule has 2 heterocycles. The third kappa shape index (κ3) is 5.71. The van der Waals surface area contributed by atoms with E-state index in [1.165, 1.54) is 95.5 Å². The third-order valence-electron chi connectivity index (χ3n) is 16.5. The molecule has 7 aliphatic rings. The second-order valence-corrected chi connectivity index (χ2v) is 21.4. The number of nitrogens with zero attached hydrogens (tertiary/aromatic N) is 1. The van der Waals surface area contributed by atoms with Gasteiger partial charge in [-0.1, -0.05) is 65.3 Å². The minimum Gasteiger partial charge on any atom is -0.310 e. The van der Waals surface area contributed by atoms with Gasteiger partial charge in [-0.2, -0.15) is 0 Å². The second kappa shape index (κ2) is 12.4. The van der Waals surface area contributed by atoms with E-state index < -0.39 is 9.84 Å². The van der Waals surface area contributed by atoms with Gasteiger partial charge in [0, 0.05) is 31.2 Å². The second-order valence-electron chi connectivity index (χ2n) is 19.1. The largest absolute Gasteiger partial charge is 0.310 e. The van der Waals surface area contributed by atoms with Crippen LogP contribution in [-0.2, 0) is 9.84 Å². The van der Waals surface area contributed by atoms with Gasteiger partial charge < -0.3 is 5.32 Å². The molecule has 0 spiro atoms. The quantitative estimate of drug-likeness (QED) is 0.288. The van der Waals surface area contributed by atoms with Crippen LogP contribution >= 0.6 is 0 Å². The van der Waals surface area contributed by atoms with E-state index in [2.05, 4.69) is 70.5 Å². The molecule has 264 valence electrons. The van der Waals surface area contributed by atoms with Crippen LogP contribution in [0.5, 0.6) is 0 Å². The van der Waals surface area contributed by atoms with Gasteiger partial charge in [0.25, 0.3) is 0 Å². The first-order chi connectivity index (χ1) is 22.2. The molecule has 3 saturated carbocycles. The van der Waals surface area contributed by atoms with Crippen molar-refractivity contribution < 1.29 is 8.42 Å². The molecule has 4 nitrogen and oxygen atoms in total. The van der Waals surface area contributed by atoms with Gasteiger partial charge >= 0.3 is 0 Å². The van der Waals surface area contributed by atoms with E-state index >= 15 is 0 Å². The highest BCUT2D eigenvalue weighted by atomic mass is 32.2. The average Bonchev–Trinajstić information content (AvgIpc) is 3.67. The van der Waals surface area contributed by atoms with Crippen LogP contribution in [0.25, 0.3) is 0 Å². The number of rotatable bonds is 6. The van der Waals surface area contributed by atoms with Crippen LogP contribution in [0.1, 0.15) is 138 Å². The van der Waals surface area contributed by atoms with Crippen LogP contribution in [-0.4, -0.2) is 55.5 Å². The van der Waals surface area contributed by atoms with Gasteiger partial charge in [0.1, 0.15) is 0 Å². The number of hydrogen-bond donors (Lipinski definition) is 1. The number of allylic oxidation sites excluding steroid dienone is 5. The first-order valence-electron chi connectivity index (χ1n) is 20.0. The zero-order chi connectivity index (χ0) is 33.4. The van der Waals surface area contributed by atoms with Gasteiger partial charge in [0.05, 0.1) is 11.0 Å². The number of likely N-dealkylation sites (tertiary alicyclic amines) is 1. The molecular weight excluding hydrogens is 597 g/mol. The van der Waals surface area contributed by atoms with Crippen molar-refractivity contribution in [3.8, 4) is 0 Å². The smallest absolute Gasteiger partial charge is 0.156 e. The molecule has 1 N–H and O–H groups in total. The Kier molecular flexibility index (Phi) is 9.11. The molecule has 5 aliphatic carbocycles. The van der Waals surface area contributed by atoms with Crippen molar-refractivity contribution in [2.75, 3.05) is 25.4 Å². The maximum Gasteiger partial charge on any atom is 0.156 e. The first kappa shape index (κ1) is 34.5. The van der Waals surface area contributed by atoms with Crippen LogP contribution in [0.4, 0.5) is 0 Å². The van der Waals surface area contributed by atoms with Gasteiger partial charge in [0.15, 0.2) is 9.84 Å². The highest BCUT2D eigenvalue weighted by Gasteiger charge is 2.60. The Bertz CT molecular complexity index is 1390. The lowest BCUT2D eigenvalue weighted by atomic mass is 9.40. The summed E-state index contributed by atoms with van der Waals surface area (Å²) >= 11 is 0. The molecule has 0 amide bonds. The highest BCUT2D eigenvalue weighted by molar-refractivity contribution is 7.92. The van der Waals surface area contributed by atoms with E-state index in [1.807, 2.05) is 0 Å². The Morgan fingerprint density at radius 1 is 0.957 bits per heavy atom. The topological polar surface area (TPSA) is 49.4 Å². The van der Waals surface area contributed by atoms with Crippen molar-refractivity contribution in [1.29, 1.82) is 0 Å². The Morgan fingerprint density at radius 3 is 2.43 bits per heavy atom. The third-order valence-corrected chi connectivity index (χ3v) is 18.7. The maximum absolute atomic E-state index is 12.4. The molecule has 47 heavy (non-hydrogen) atoms.